The van der Waals surface area contributed by atoms with Crippen molar-refractivity contribution < 1.29 is 9.90 Å². The molecule has 0 bridgehead atoms. The number of piperidine rings is 1. The first-order valence-corrected chi connectivity index (χ1v) is 8.23. The minimum Gasteiger partial charge on any atom is -0.389 e. The van der Waals surface area contributed by atoms with Crippen LogP contribution in [0.3, 0.4) is 0 Å². The number of amides is 1. The third-order valence-electron chi connectivity index (χ3n) is 5.47. The van der Waals surface area contributed by atoms with Crippen molar-refractivity contribution in [3.63, 3.8) is 0 Å². The summed E-state index contributed by atoms with van der Waals surface area (Å²) in [4.78, 5) is 19.0. The van der Waals surface area contributed by atoms with Crippen LogP contribution in [0, 0.1) is 5.41 Å². The Morgan fingerprint density at radius 2 is 2.13 bits per heavy atom. The standard InChI is InChI=1S/C17H26N4O2/c1-16(2)11-21(9-7-17(16,3)23)15(22)14-10-13(19-20-14)12-6-4-5-8-18-12/h4-6,8,13-14,19-20,23H,7,9-11H2,1-3H3/t13?,14?,17-/m1/s1. The van der Waals surface area contributed by atoms with Crippen LogP contribution in [0.25, 0.3) is 0 Å². The highest BCUT2D eigenvalue weighted by Crippen LogP contribution is 2.38. The van der Waals surface area contributed by atoms with Gasteiger partial charge in [0.1, 0.15) is 6.04 Å². The van der Waals surface area contributed by atoms with E-state index >= 15 is 0 Å². The Hall–Kier alpha value is -1.50. The van der Waals surface area contributed by atoms with Crippen molar-refractivity contribution in [3.8, 4) is 0 Å². The molecule has 2 fully saturated rings. The number of nitrogens with zero attached hydrogens (tertiary/aromatic N) is 2. The Balaban J connectivity index is 1.64. The van der Waals surface area contributed by atoms with Gasteiger partial charge in [-0.1, -0.05) is 19.9 Å². The number of hydrogen-bond acceptors (Lipinski definition) is 5. The normalized spacial score (nSPS) is 33.7. The zero-order valence-corrected chi connectivity index (χ0v) is 14.0. The summed E-state index contributed by atoms with van der Waals surface area (Å²) in [6.07, 6.45) is 3.06. The van der Waals surface area contributed by atoms with Crippen LogP contribution in [0.5, 0.6) is 0 Å². The molecule has 0 saturated carbocycles. The van der Waals surface area contributed by atoms with Crippen molar-refractivity contribution in [1.29, 1.82) is 0 Å². The maximum absolute atomic E-state index is 12.8. The molecule has 6 heteroatoms. The fourth-order valence-corrected chi connectivity index (χ4v) is 3.32. The first kappa shape index (κ1) is 16.4. The second kappa shape index (κ2) is 5.85. The number of nitrogens with one attached hydrogen (secondary N) is 2. The molecule has 1 amide bonds. The molecule has 2 aliphatic heterocycles. The number of hydrazine groups is 1. The molecule has 2 unspecified atom stereocenters. The van der Waals surface area contributed by atoms with Crippen molar-refractivity contribution in [2.75, 3.05) is 13.1 Å². The SMILES string of the molecule is CC1(C)CN(C(=O)C2CC(c3ccccn3)NN2)CC[C@@]1(C)O. The average molecular weight is 318 g/mol. The van der Waals surface area contributed by atoms with E-state index in [0.29, 0.717) is 25.9 Å². The van der Waals surface area contributed by atoms with Crippen molar-refractivity contribution in [1.82, 2.24) is 20.7 Å². The van der Waals surface area contributed by atoms with Gasteiger partial charge in [0.15, 0.2) is 0 Å². The second-order valence-corrected chi connectivity index (χ2v) is 7.55. The number of aromatic nitrogens is 1. The lowest BCUT2D eigenvalue weighted by Gasteiger charge is -2.49. The van der Waals surface area contributed by atoms with Gasteiger partial charge in [-0.3, -0.25) is 9.78 Å². The van der Waals surface area contributed by atoms with E-state index < -0.39 is 5.60 Å². The molecule has 0 aromatic carbocycles. The summed E-state index contributed by atoms with van der Waals surface area (Å²) in [7, 11) is 0. The predicted molar refractivity (Wildman–Crippen MR) is 87.3 cm³/mol. The third kappa shape index (κ3) is 3.11. The van der Waals surface area contributed by atoms with Crippen LogP contribution in [-0.4, -0.2) is 45.6 Å². The van der Waals surface area contributed by atoms with Gasteiger partial charge in [-0.2, -0.15) is 0 Å². The molecule has 2 saturated heterocycles. The van der Waals surface area contributed by atoms with Crippen LogP contribution in [0.1, 0.15) is 45.3 Å². The van der Waals surface area contributed by atoms with Crippen molar-refractivity contribution in [2.24, 2.45) is 5.41 Å². The van der Waals surface area contributed by atoms with E-state index in [1.807, 2.05) is 43.9 Å². The lowest BCUT2D eigenvalue weighted by molar-refractivity contribution is -0.148. The van der Waals surface area contributed by atoms with Crippen molar-refractivity contribution >= 4 is 5.91 Å². The fraction of sp³-hybridized carbons (Fsp3) is 0.647. The van der Waals surface area contributed by atoms with Gasteiger partial charge >= 0.3 is 0 Å². The molecule has 126 valence electrons. The van der Waals surface area contributed by atoms with Gasteiger partial charge in [0.05, 0.1) is 17.3 Å². The topological polar surface area (TPSA) is 77.5 Å². The quantitative estimate of drug-likeness (QED) is 0.758. The largest absolute Gasteiger partial charge is 0.389 e. The molecule has 3 heterocycles. The van der Waals surface area contributed by atoms with Gasteiger partial charge in [0.25, 0.3) is 0 Å². The third-order valence-corrected chi connectivity index (χ3v) is 5.47. The highest BCUT2D eigenvalue weighted by Gasteiger charge is 2.46. The van der Waals surface area contributed by atoms with E-state index in [0.717, 1.165) is 5.69 Å². The number of aliphatic hydroxyl groups is 1. The molecule has 0 radical (unpaired) electrons. The van der Waals surface area contributed by atoms with Gasteiger partial charge in [-0.25, -0.2) is 10.9 Å². The van der Waals surface area contributed by atoms with Gasteiger partial charge < -0.3 is 10.0 Å². The summed E-state index contributed by atoms with van der Waals surface area (Å²) in [5.41, 5.74) is 6.17. The second-order valence-electron chi connectivity index (χ2n) is 7.55. The van der Waals surface area contributed by atoms with Crippen LogP contribution in [-0.2, 0) is 4.79 Å². The summed E-state index contributed by atoms with van der Waals surface area (Å²) in [6, 6.07) is 5.60. The number of pyridine rings is 1. The lowest BCUT2D eigenvalue weighted by atomic mass is 9.71. The van der Waals surface area contributed by atoms with Crippen LogP contribution in [0.2, 0.25) is 0 Å². The summed E-state index contributed by atoms with van der Waals surface area (Å²) in [5.74, 6) is 0.0968. The van der Waals surface area contributed by atoms with Gasteiger partial charge in [-0.05, 0) is 31.9 Å². The number of carbonyl (C=O) groups is 1. The van der Waals surface area contributed by atoms with E-state index in [1.165, 1.54) is 0 Å². The first-order chi connectivity index (χ1) is 10.8. The predicted octanol–water partition coefficient (Wildman–Crippen LogP) is 0.999. The summed E-state index contributed by atoms with van der Waals surface area (Å²) in [5, 5.41) is 10.5. The van der Waals surface area contributed by atoms with Gasteiger partial charge in [0, 0.05) is 24.7 Å². The Morgan fingerprint density at radius 3 is 2.78 bits per heavy atom. The van der Waals surface area contributed by atoms with Gasteiger partial charge in [-0.15, -0.1) is 0 Å². The molecular weight excluding hydrogens is 292 g/mol. The maximum Gasteiger partial charge on any atom is 0.241 e. The van der Waals surface area contributed by atoms with E-state index in [1.54, 1.807) is 6.20 Å². The molecule has 3 N–H and O–H groups in total. The number of hydrogen-bond donors (Lipinski definition) is 3. The number of likely N-dealkylation sites (tertiary alicyclic amines) is 1. The minimum atomic E-state index is -0.734. The Bertz CT molecular complexity index is 573. The number of rotatable bonds is 2. The molecule has 1 aromatic heterocycles. The van der Waals surface area contributed by atoms with Crippen molar-refractivity contribution in [3.05, 3.63) is 30.1 Å². The zero-order chi connectivity index (χ0) is 16.7. The highest BCUT2D eigenvalue weighted by molar-refractivity contribution is 5.82. The van der Waals surface area contributed by atoms with Gasteiger partial charge in [0.2, 0.25) is 5.91 Å². The average Bonchev–Trinajstić information content (AvgIpc) is 3.00. The zero-order valence-electron chi connectivity index (χ0n) is 14.0. The summed E-state index contributed by atoms with van der Waals surface area (Å²) >= 11 is 0. The Morgan fingerprint density at radius 1 is 1.35 bits per heavy atom. The van der Waals surface area contributed by atoms with E-state index in [4.69, 9.17) is 0 Å². The van der Waals surface area contributed by atoms with E-state index in [-0.39, 0.29) is 23.4 Å². The monoisotopic (exact) mass is 318 g/mol. The molecule has 3 atom stereocenters. The van der Waals surface area contributed by atoms with Crippen LogP contribution in [0.4, 0.5) is 0 Å². The minimum absolute atomic E-state index is 0.0473. The Kier molecular flexibility index (Phi) is 4.16. The lowest BCUT2D eigenvalue weighted by Crippen LogP contribution is -2.59. The smallest absolute Gasteiger partial charge is 0.241 e. The molecule has 6 nitrogen and oxygen atoms in total. The van der Waals surface area contributed by atoms with Crippen LogP contribution in [0.15, 0.2) is 24.4 Å². The molecule has 2 aliphatic rings. The number of carbonyl (C=O) groups excluding carboxylic acids is 1. The maximum atomic E-state index is 12.8. The molecular formula is C17H26N4O2. The molecule has 0 spiro atoms. The molecule has 1 aromatic rings. The Labute approximate surface area is 137 Å². The van der Waals surface area contributed by atoms with Crippen LogP contribution >= 0.6 is 0 Å². The molecule has 0 aliphatic carbocycles. The van der Waals surface area contributed by atoms with Crippen LogP contribution < -0.4 is 10.9 Å². The summed E-state index contributed by atoms with van der Waals surface area (Å²) < 4.78 is 0. The fourth-order valence-electron chi connectivity index (χ4n) is 3.32. The van der Waals surface area contributed by atoms with E-state index in [9.17, 15) is 9.90 Å². The molecule has 3 rings (SSSR count). The highest BCUT2D eigenvalue weighted by atomic mass is 16.3. The van der Waals surface area contributed by atoms with Crippen molar-refractivity contribution in [2.45, 2.75) is 51.3 Å². The summed E-state index contributed by atoms with van der Waals surface area (Å²) in [6.45, 7) is 7.07. The first-order valence-electron chi connectivity index (χ1n) is 8.23. The molecule has 23 heavy (non-hydrogen) atoms. The van der Waals surface area contributed by atoms with E-state index in [2.05, 4.69) is 15.8 Å².